The largest absolute Gasteiger partial charge is 0.462 e. The number of nitrogens with one attached hydrogen (secondary N) is 1. The van der Waals surface area contributed by atoms with Crippen molar-refractivity contribution in [3.63, 3.8) is 0 Å². The SMILES string of the molecule is CC[C@H](C)OC(=O)[C@H]1CC=CC[C@H]1C(=O)Nc1cccc(Br)c1. The molecule has 0 bridgehead atoms. The van der Waals surface area contributed by atoms with Crippen LogP contribution in [0.4, 0.5) is 5.69 Å². The molecule has 1 aromatic carbocycles. The summed E-state index contributed by atoms with van der Waals surface area (Å²) in [6.07, 6.45) is 5.65. The summed E-state index contributed by atoms with van der Waals surface area (Å²) in [4.78, 5) is 24.9. The second-order valence-corrected chi connectivity index (χ2v) is 6.73. The number of esters is 1. The zero-order valence-corrected chi connectivity index (χ0v) is 15.0. The van der Waals surface area contributed by atoms with E-state index in [0.29, 0.717) is 18.5 Å². The summed E-state index contributed by atoms with van der Waals surface area (Å²) in [5.41, 5.74) is 0.716. The van der Waals surface area contributed by atoms with Crippen molar-refractivity contribution in [2.75, 3.05) is 5.32 Å². The molecular weight excluding hydrogens is 358 g/mol. The number of anilines is 1. The van der Waals surface area contributed by atoms with Crippen molar-refractivity contribution < 1.29 is 14.3 Å². The molecule has 5 heteroatoms. The van der Waals surface area contributed by atoms with Crippen LogP contribution in [0, 0.1) is 11.8 Å². The lowest BCUT2D eigenvalue weighted by Crippen LogP contribution is -2.36. The molecule has 0 aliphatic heterocycles. The monoisotopic (exact) mass is 379 g/mol. The van der Waals surface area contributed by atoms with Gasteiger partial charge in [0, 0.05) is 10.2 Å². The molecule has 1 aliphatic rings. The van der Waals surface area contributed by atoms with Gasteiger partial charge in [-0.1, -0.05) is 41.1 Å². The lowest BCUT2D eigenvalue weighted by atomic mass is 9.82. The molecule has 0 unspecified atom stereocenters. The summed E-state index contributed by atoms with van der Waals surface area (Å²) >= 11 is 3.38. The number of halogens is 1. The Hall–Kier alpha value is -1.62. The van der Waals surface area contributed by atoms with Gasteiger partial charge in [0.1, 0.15) is 0 Å². The average molecular weight is 380 g/mol. The molecule has 3 atom stereocenters. The lowest BCUT2D eigenvalue weighted by Gasteiger charge is -2.27. The third-order valence-corrected chi connectivity index (χ3v) is 4.55. The Morgan fingerprint density at radius 3 is 2.65 bits per heavy atom. The number of carbonyl (C=O) groups excluding carboxylic acids is 2. The molecule has 0 heterocycles. The second kappa shape index (κ2) is 8.29. The third-order valence-electron chi connectivity index (χ3n) is 4.06. The first-order valence-corrected chi connectivity index (χ1v) is 8.72. The number of amides is 1. The van der Waals surface area contributed by atoms with E-state index >= 15 is 0 Å². The van der Waals surface area contributed by atoms with Crippen molar-refractivity contribution in [1.29, 1.82) is 0 Å². The molecule has 1 aromatic rings. The van der Waals surface area contributed by atoms with Crippen LogP contribution in [0.3, 0.4) is 0 Å². The summed E-state index contributed by atoms with van der Waals surface area (Å²) in [5.74, 6) is -1.23. The Morgan fingerprint density at radius 2 is 2.00 bits per heavy atom. The zero-order valence-electron chi connectivity index (χ0n) is 13.4. The molecule has 0 fully saturated rings. The van der Waals surface area contributed by atoms with Gasteiger partial charge in [0.15, 0.2) is 0 Å². The summed E-state index contributed by atoms with van der Waals surface area (Å²) in [7, 11) is 0. The summed E-state index contributed by atoms with van der Waals surface area (Å²) in [6.45, 7) is 3.84. The zero-order chi connectivity index (χ0) is 16.8. The van der Waals surface area contributed by atoms with Gasteiger partial charge in [-0.3, -0.25) is 9.59 Å². The maximum absolute atomic E-state index is 12.6. The first kappa shape index (κ1) is 17.7. The van der Waals surface area contributed by atoms with Gasteiger partial charge in [0.05, 0.1) is 17.9 Å². The Labute approximate surface area is 145 Å². The molecule has 1 aliphatic carbocycles. The van der Waals surface area contributed by atoms with Crippen LogP contribution in [0.1, 0.15) is 33.1 Å². The Kier molecular flexibility index (Phi) is 6.39. The number of carbonyl (C=O) groups is 2. The van der Waals surface area contributed by atoms with Gasteiger partial charge in [-0.25, -0.2) is 0 Å². The maximum atomic E-state index is 12.6. The standard InChI is InChI=1S/C18H22BrNO3/c1-3-12(2)23-18(22)16-10-5-4-9-15(16)17(21)20-14-8-6-7-13(19)11-14/h4-8,11-12,15-16H,3,9-10H2,1-2H3,(H,20,21)/t12-,15+,16-/m0/s1. The minimum absolute atomic E-state index is 0.123. The van der Waals surface area contributed by atoms with Crippen molar-refractivity contribution in [1.82, 2.24) is 0 Å². The van der Waals surface area contributed by atoms with Crippen LogP contribution in [0.15, 0.2) is 40.9 Å². The fourth-order valence-corrected chi connectivity index (χ4v) is 2.93. The van der Waals surface area contributed by atoms with E-state index in [1.807, 2.05) is 50.3 Å². The molecule has 0 aromatic heterocycles. The van der Waals surface area contributed by atoms with Crippen LogP contribution in [-0.2, 0) is 14.3 Å². The fourth-order valence-electron chi connectivity index (χ4n) is 2.53. The van der Waals surface area contributed by atoms with Crippen LogP contribution in [0.5, 0.6) is 0 Å². The first-order valence-electron chi connectivity index (χ1n) is 7.93. The molecule has 124 valence electrons. The summed E-state index contributed by atoms with van der Waals surface area (Å²) < 4.78 is 6.32. The maximum Gasteiger partial charge on any atom is 0.310 e. The van der Waals surface area contributed by atoms with E-state index < -0.39 is 11.8 Å². The number of rotatable bonds is 5. The first-order chi connectivity index (χ1) is 11.0. The molecule has 1 amide bonds. The molecular formula is C18H22BrNO3. The predicted molar refractivity (Wildman–Crippen MR) is 94.0 cm³/mol. The van der Waals surface area contributed by atoms with E-state index in [-0.39, 0.29) is 18.0 Å². The number of hydrogen-bond donors (Lipinski definition) is 1. The molecule has 4 nitrogen and oxygen atoms in total. The van der Waals surface area contributed by atoms with E-state index in [4.69, 9.17) is 4.74 Å². The summed E-state index contributed by atoms with van der Waals surface area (Å²) in [6, 6.07) is 7.41. The third kappa shape index (κ3) is 4.93. The van der Waals surface area contributed by atoms with Crippen LogP contribution < -0.4 is 5.32 Å². The molecule has 0 saturated carbocycles. The minimum Gasteiger partial charge on any atom is -0.462 e. The second-order valence-electron chi connectivity index (χ2n) is 5.81. The van der Waals surface area contributed by atoms with Crippen molar-refractivity contribution in [3.8, 4) is 0 Å². The van der Waals surface area contributed by atoms with Crippen LogP contribution in [0.25, 0.3) is 0 Å². The van der Waals surface area contributed by atoms with Crippen molar-refractivity contribution in [2.24, 2.45) is 11.8 Å². The van der Waals surface area contributed by atoms with Gasteiger partial charge in [0.2, 0.25) is 5.91 Å². The fraction of sp³-hybridized carbons (Fsp3) is 0.444. The highest BCUT2D eigenvalue weighted by atomic mass is 79.9. The number of allylic oxidation sites excluding steroid dienone is 2. The van der Waals surface area contributed by atoms with Gasteiger partial charge >= 0.3 is 5.97 Å². The quantitative estimate of drug-likeness (QED) is 0.612. The van der Waals surface area contributed by atoms with Crippen LogP contribution in [0.2, 0.25) is 0 Å². The van der Waals surface area contributed by atoms with Crippen LogP contribution in [-0.4, -0.2) is 18.0 Å². The summed E-state index contributed by atoms with van der Waals surface area (Å²) in [5, 5.41) is 2.89. The smallest absolute Gasteiger partial charge is 0.310 e. The van der Waals surface area contributed by atoms with E-state index in [9.17, 15) is 9.59 Å². The normalized spacial score (nSPS) is 21.5. The predicted octanol–water partition coefficient (Wildman–Crippen LogP) is 4.31. The highest BCUT2D eigenvalue weighted by Gasteiger charge is 2.35. The molecule has 0 saturated heterocycles. The van der Waals surface area contributed by atoms with Gasteiger partial charge in [-0.2, -0.15) is 0 Å². The van der Waals surface area contributed by atoms with Gasteiger partial charge in [-0.15, -0.1) is 0 Å². The lowest BCUT2D eigenvalue weighted by molar-refractivity contribution is -0.157. The topological polar surface area (TPSA) is 55.4 Å². The molecule has 0 spiro atoms. The van der Waals surface area contributed by atoms with Crippen LogP contribution >= 0.6 is 15.9 Å². The highest BCUT2D eigenvalue weighted by Crippen LogP contribution is 2.29. The van der Waals surface area contributed by atoms with E-state index in [1.165, 1.54) is 0 Å². The van der Waals surface area contributed by atoms with E-state index in [2.05, 4.69) is 21.2 Å². The molecule has 0 radical (unpaired) electrons. The molecule has 2 rings (SSSR count). The van der Waals surface area contributed by atoms with Crippen molar-refractivity contribution >= 4 is 33.5 Å². The molecule has 1 N–H and O–H groups in total. The highest BCUT2D eigenvalue weighted by molar-refractivity contribution is 9.10. The van der Waals surface area contributed by atoms with Gasteiger partial charge in [0.25, 0.3) is 0 Å². The number of hydrogen-bond acceptors (Lipinski definition) is 3. The average Bonchev–Trinajstić information content (AvgIpc) is 2.54. The van der Waals surface area contributed by atoms with Crippen molar-refractivity contribution in [3.05, 3.63) is 40.9 Å². The van der Waals surface area contributed by atoms with Gasteiger partial charge in [-0.05, 0) is 44.4 Å². The number of benzene rings is 1. The van der Waals surface area contributed by atoms with E-state index in [1.54, 1.807) is 0 Å². The van der Waals surface area contributed by atoms with Crippen molar-refractivity contribution in [2.45, 2.75) is 39.2 Å². The van der Waals surface area contributed by atoms with Gasteiger partial charge < -0.3 is 10.1 Å². The Bertz CT molecular complexity index is 600. The molecule has 23 heavy (non-hydrogen) atoms. The Morgan fingerprint density at radius 1 is 1.30 bits per heavy atom. The number of ether oxygens (including phenoxy) is 1. The van der Waals surface area contributed by atoms with E-state index in [0.717, 1.165) is 10.9 Å². The minimum atomic E-state index is -0.416. The Balaban J connectivity index is 2.07.